The Morgan fingerprint density at radius 1 is 1.16 bits per heavy atom. The molecule has 128 valence electrons. The first-order chi connectivity index (χ1) is 12.0. The number of nitrogens with one attached hydrogen (secondary N) is 1. The summed E-state index contributed by atoms with van der Waals surface area (Å²) < 4.78 is 15.8. The lowest BCUT2D eigenvalue weighted by Crippen LogP contribution is -2.34. The van der Waals surface area contributed by atoms with Gasteiger partial charge < -0.3 is 19.5 Å². The van der Waals surface area contributed by atoms with Crippen LogP contribution in [0.5, 0.6) is 11.5 Å². The largest absolute Gasteiger partial charge is 0.493 e. The van der Waals surface area contributed by atoms with Crippen molar-refractivity contribution in [2.24, 2.45) is 0 Å². The molecule has 0 spiro atoms. The minimum atomic E-state index is -1.01. The van der Waals surface area contributed by atoms with Crippen LogP contribution in [-0.4, -0.2) is 47.5 Å². The number of ether oxygens (including phenoxy) is 3. The molecule has 1 fully saturated rings. The standard InChI is InChI=1S/C17H15N3O5/c1-17-13(21)6-10(14(22)15(17)25-17)20-16-8-4-11(23-2)12(24-3)5-9(8)18-7-19-16/h4-7,15H,1-3H3,(H,18,19,20). The summed E-state index contributed by atoms with van der Waals surface area (Å²) in [6.45, 7) is 1.61. The molecule has 2 aromatic rings. The molecule has 0 radical (unpaired) electrons. The number of hydrogen-bond acceptors (Lipinski definition) is 8. The van der Waals surface area contributed by atoms with Crippen LogP contribution in [0.3, 0.4) is 0 Å². The van der Waals surface area contributed by atoms with Crippen molar-refractivity contribution in [2.75, 3.05) is 19.5 Å². The minimum Gasteiger partial charge on any atom is -0.493 e. The van der Waals surface area contributed by atoms with Gasteiger partial charge in [-0.2, -0.15) is 0 Å². The van der Waals surface area contributed by atoms with Crippen molar-refractivity contribution < 1.29 is 23.8 Å². The molecule has 2 aliphatic rings. The number of fused-ring (bicyclic) bond motifs is 2. The number of Topliss-reactive ketones (excluding diaryl/α,β-unsaturated/α-hetero) is 1. The average molecular weight is 341 g/mol. The number of rotatable bonds is 4. The molecular formula is C17H15N3O5. The van der Waals surface area contributed by atoms with Crippen LogP contribution in [0.4, 0.5) is 5.82 Å². The topological polar surface area (TPSA) is 103 Å². The second-order valence-electron chi connectivity index (χ2n) is 5.96. The molecule has 0 amide bonds. The van der Waals surface area contributed by atoms with Crippen molar-refractivity contribution in [1.82, 2.24) is 9.97 Å². The van der Waals surface area contributed by atoms with Gasteiger partial charge in [-0.25, -0.2) is 9.97 Å². The van der Waals surface area contributed by atoms with E-state index in [1.807, 2.05) is 0 Å². The zero-order chi connectivity index (χ0) is 17.8. The van der Waals surface area contributed by atoms with Crippen LogP contribution >= 0.6 is 0 Å². The van der Waals surface area contributed by atoms with Gasteiger partial charge in [-0.1, -0.05) is 0 Å². The van der Waals surface area contributed by atoms with E-state index in [0.717, 1.165) is 0 Å². The fourth-order valence-electron chi connectivity index (χ4n) is 2.90. The molecule has 2 atom stereocenters. The zero-order valence-corrected chi connectivity index (χ0v) is 13.8. The van der Waals surface area contributed by atoms with Crippen LogP contribution in [-0.2, 0) is 14.3 Å². The second-order valence-corrected chi connectivity index (χ2v) is 5.96. The van der Waals surface area contributed by atoms with E-state index in [9.17, 15) is 9.59 Å². The van der Waals surface area contributed by atoms with Crippen molar-refractivity contribution in [2.45, 2.75) is 18.6 Å². The van der Waals surface area contributed by atoms with Gasteiger partial charge in [-0.05, 0) is 13.0 Å². The maximum atomic E-state index is 12.4. The van der Waals surface area contributed by atoms with Gasteiger partial charge in [-0.15, -0.1) is 0 Å². The van der Waals surface area contributed by atoms with Crippen LogP contribution in [0.25, 0.3) is 10.9 Å². The molecular weight excluding hydrogens is 326 g/mol. The van der Waals surface area contributed by atoms with Gasteiger partial charge in [0.2, 0.25) is 5.78 Å². The first-order valence-electron chi connectivity index (χ1n) is 7.60. The van der Waals surface area contributed by atoms with Crippen LogP contribution in [0.15, 0.2) is 30.2 Å². The number of carbonyl (C=O) groups is 2. The quantitative estimate of drug-likeness (QED) is 0.829. The summed E-state index contributed by atoms with van der Waals surface area (Å²) in [4.78, 5) is 32.9. The van der Waals surface area contributed by atoms with E-state index >= 15 is 0 Å². The van der Waals surface area contributed by atoms with Gasteiger partial charge in [0.05, 0.1) is 25.4 Å². The lowest BCUT2D eigenvalue weighted by atomic mass is 9.92. The fourth-order valence-corrected chi connectivity index (χ4v) is 2.90. The first kappa shape index (κ1) is 15.5. The van der Waals surface area contributed by atoms with E-state index in [1.165, 1.54) is 26.6 Å². The number of anilines is 1. The van der Waals surface area contributed by atoms with Crippen molar-refractivity contribution >= 4 is 28.3 Å². The molecule has 1 aromatic heterocycles. The Morgan fingerprint density at radius 2 is 1.88 bits per heavy atom. The number of aromatic nitrogens is 2. The molecule has 8 nitrogen and oxygen atoms in total. The highest BCUT2D eigenvalue weighted by Gasteiger charge is 2.64. The molecule has 8 heteroatoms. The lowest BCUT2D eigenvalue weighted by molar-refractivity contribution is -0.121. The van der Waals surface area contributed by atoms with Gasteiger partial charge in [0.25, 0.3) is 0 Å². The van der Waals surface area contributed by atoms with Crippen LogP contribution in [0, 0.1) is 0 Å². The summed E-state index contributed by atoms with van der Waals surface area (Å²) in [6.07, 6.45) is 1.90. The van der Waals surface area contributed by atoms with Gasteiger partial charge in [0.15, 0.2) is 29.0 Å². The zero-order valence-electron chi connectivity index (χ0n) is 13.8. The van der Waals surface area contributed by atoms with Crippen molar-refractivity contribution in [1.29, 1.82) is 0 Å². The Balaban J connectivity index is 1.76. The van der Waals surface area contributed by atoms with Crippen LogP contribution < -0.4 is 14.8 Å². The summed E-state index contributed by atoms with van der Waals surface area (Å²) >= 11 is 0. The Bertz CT molecular complexity index is 955. The number of ketones is 2. The monoisotopic (exact) mass is 341 g/mol. The molecule has 2 heterocycles. The fraction of sp³-hybridized carbons (Fsp3) is 0.294. The summed E-state index contributed by atoms with van der Waals surface area (Å²) in [5.41, 5.74) is -0.246. The molecule has 2 unspecified atom stereocenters. The highest BCUT2D eigenvalue weighted by Crippen LogP contribution is 2.43. The molecule has 0 bridgehead atoms. The Hall–Kier alpha value is -3.00. The minimum absolute atomic E-state index is 0.153. The predicted molar refractivity (Wildman–Crippen MR) is 87.6 cm³/mol. The molecule has 0 saturated carbocycles. The van der Waals surface area contributed by atoms with E-state index < -0.39 is 11.7 Å². The number of hydrogen-bond donors (Lipinski definition) is 1. The smallest absolute Gasteiger partial charge is 0.211 e. The normalized spacial score (nSPS) is 24.6. The summed E-state index contributed by atoms with van der Waals surface area (Å²) in [5, 5.41) is 3.56. The molecule has 1 saturated heterocycles. The second kappa shape index (κ2) is 5.25. The number of carbonyl (C=O) groups excluding carboxylic acids is 2. The number of benzene rings is 1. The van der Waals surface area contributed by atoms with E-state index in [0.29, 0.717) is 28.2 Å². The van der Waals surface area contributed by atoms with Gasteiger partial charge in [-0.3, -0.25) is 9.59 Å². The molecule has 25 heavy (non-hydrogen) atoms. The third-order valence-electron chi connectivity index (χ3n) is 4.47. The Morgan fingerprint density at radius 3 is 2.60 bits per heavy atom. The highest BCUT2D eigenvalue weighted by molar-refractivity contribution is 6.19. The van der Waals surface area contributed by atoms with Crippen molar-refractivity contribution in [3.8, 4) is 11.5 Å². The summed E-state index contributed by atoms with van der Waals surface area (Å²) in [7, 11) is 3.06. The number of nitrogens with zero attached hydrogens (tertiary/aromatic N) is 2. The third-order valence-corrected chi connectivity index (χ3v) is 4.47. The molecule has 1 aliphatic carbocycles. The number of methoxy groups -OCH3 is 2. The van der Waals surface area contributed by atoms with Gasteiger partial charge >= 0.3 is 0 Å². The SMILES string of the molecule is COc1cc2ncnc(NC3=CC(=O)C4(C)OC4C3=O)c2cc1OC. The van der Waals surface area contributed by atoms with E-state index in [4.69, 9.17) is 14.2 Å². The third kappa shape index (κ3) is 2.25. The van der Waals surface area contributed by atoms with Crippen LogP contribution in [0.1, 0.15) is 6.92 Å². The lowest BCUT2D eigenvalue weighted by Gasteiger charge is -2.15. The molecule has 1 aromatic carbocycles. The molecule has 1 N–H and O–H groups in total. The maximum Gasteiger partial charge on any atom is 0.211 e. The first-order valence-corrected chi connectivity index (χ1v) is 7.60. The van der Waals surface area contributed by atoms with Crippen molar-refractivity contribution in [3.63, 3.8) is 0 Å². The highest BCUT2D eigenvalue weighted by atomic mass is 16.6. The summed E-state index contributed by atoms with van der Waals surface area (Å²) in [6, 6.07) is 3.42. The van der Waals surface area contributed by atoms with Crippen molar-refractivity contribution in [3.05, 3.63) is 30.2 Å². The average Bonchev–Trinajstić information content (AvgIpc) is 3.32. The van der Waals surface area contributed by atoms with Gasteiger partial charge in [0, 0.05) is 17.5 Å². The maximum absolute atomic E-state index is 12.4. The molecule has 4 rings (SSSR count). The van der Waals surface area contributed by atoms with E-state index in [2.05, 4.69) is 15.3 Å². The van der Waals surface area contributed by atoms with Crippen LogP contribution in [0.2, 0.25) is 0 Å². The predicted octanol–water partition coefficient (Wildman–Crippen LogP) is 1.25. The molecule has 1 aliphatic heterocycles. The van der Waals surface area contributed by atoms with E-state index in [-0.39, 0.29) is 17.3 Å². The van der Waals surface area contributed by atoms with Gasteiger partial charge in [0.1, 0.15) is 12.1 Å². The Kier molecular flexibility index (Phi) is 3.26. The van der Waals surface area contributed by atoms with E-state index in [1.54, 1.807) is 19.1 Å². The number of epoxide rings is 1. The summed E-state index contributed by atoms with van der Waals surface area (Å²) in [5.74, 6) is 0.921. The Labute approximate surface area is 142 Å².